The second kappa shape index (κ2) is 9.23. The maximum absolute atomic E-state index is 12.9. The van der Waals surface area contributed by atoms with Gasteiger partial charge in [0.2, 0.25) is 5.91 Å². The van der Waals surface area contributed by atoms with E-state index in [1.165, 1.54) is 12.8 Å². The van der Waals surface area contributed by atoms with Crippen LogP contribution in [-0.4, -0.2) is 59.1 Å². The van der Waals surface area contributed by atoms with Crippen molar-refractivity contribution in [2.75, 3.05) is 36.5 Å². The van der Waals surface area contributed by atoms with Gasteiger partial charge in [0, 0.05) is 49.7 Å². The lowest BCUT2D eigenvalue weighted by molar-refractivity contribution is -0.134. The van der Waals surface area contributed by atoms with E-state index >= 15 is 0 Å². The number of piperazine rings is 1. The molecule has 0 spiro atoms. The molecule has 174 valence electrons. The first kappa shape index (κ1) is 23.4. The minimum Gasteiger partial charge on any atom is -0.370 e. The molecule has 1 atom stereocenters. The van der Waals surface area contributed by atoms with Crippen molar-refractivity contribution in [2.24, 2.45) is 5.92 Å². The zero-order valence-electron chi connectivity index (χ0n) is 20.1. The summed E-state index contributed by atoms with van der Waals surface area (Å²) in [6, 6.07) is 2.64. The number of aromatic nitrogens is 1. The molecule has 3 aliphatic rings. The van der Waals surface area contributed by atoms with Gasteiger partial charge in [0.05, 0.1) is 29.5 Å². The second-order valence-corrected chi connectivity index (χ2v) is 11.3. The molecule has 0 unspecified atom stereocenters. The molecule has 3 heterocycles. The van der Waals surface area contributed by atoms with Crippen LogP contribution in [0.3, 0.4) is 0 Å². The van der Waals surface area contributed by atoms with E-state index in [4.69, 9.17) is 9.72 Å². The molecule has 0 radical (unpaired) electrons. The first-order valence-corrected chi connectivity index (χ1v) is 13.3. The Morgan fingerprint density at radius 3 is 2.69 bits per heavy atom. The van der Waals surface area contributed by atoms with Crippen molar-refractivity contribution in [3.05, 3.63) is 22.4 Å². The highest BCUT2D eigenvalue weighted by molar-refractivity contribution is 7.98. The molecule has 32 heavy (non-hydrogen) atoms. The summed E-state index contributed by atoms with van der Waals surface area (Å²) in [6.07, 6.45) is 5.70. The number of fused-ring (bicyclic) bond motifs is 1. The van der Waals surface area contributed by atoms with Crippen LogP contribution >= 0.6 is 11.8 Å². The lowest BCUT2D eigenvalue weighted by atomic mass is 9.87. The summed E-state index contributed by atoms with van der Waals surface area (Å²) >= 11 is 1.71. The van der Waals surface area contributed by atoms with Crippen LogP contribution in [0.2, 0.25) is 0 Å². The zero-order chi connectivity index (χ0) is 23.0. The van der Waals surface area contributed by atoms with E-state index in [1.54, 1.807) is 11.8 Å². The summed E-state index contributed by atoms with van der Waals surface area (Å²) in [5.74, 6) is 2.77. The fourth-order valence-electron chi connectivity index (χ4n) is 5.03. The van der Waals surface area contributed by atoms with E-state index in [9.17, 15) is 10.1 Å². The van der Waals surface area contributed by atoms with Gasteiger partial charge in [0.15, 0.2) is 0 Å². The van der Waals surface area contributed by atoms with Gasteiger partial charge in [-0.1, -0.05) is 13.8 Å². The Kier molecular flexibility index (Phi) is 6.74. The third kappa shape index (κ3) is 4.63. The standard InChI is InChI=1S/C25H36N4O2S/c1-16(2)21-14-28(9-10-29(21)22(30)8-11-32-5)24-19(13-26)18-12-25(3,4)31-15-20(18)23(27-24)17-6-7-17/h16-17,21H,6-12,14-15H2,1-5H3/t21-/m0/s1. The average Bonchev–Trinajstić information content (AvgIpc) is 3.60. The number of nitrogens with zero attached hydrogens (tertiary/aromatic N) is 4. The molecule has 1 aromatic rings. The minimum atomic E-state index is -0.277. The maximum atomic E-state index is 12.9. The van der Waals surface area contributed by atoms with Gasteiger partial charge in [-0.3, -0.25) is 4.79 Å². The molecule has 4 rings (SSSR count). The van der Waals surface area contributed by atoms with E-state index in [-0.39, 0.29) is 17.6 Å². The average molecular weight is 457 g/mol. The van der Waals surface area contributed by atoms with Gasteiger partial charge in [-0.05, 0) is 44.4 Å². The van der Waals surface area contributed by atoms with Crippen molar-refractivity contribution < 1.29 is 9.53 Å². The van der Waals surface area contributed by atoms with Gasteiger partial charge in [0.25, 0.3) is 0 Å². The number of thioether (sulfide) groups is 1. The van der Waals surface area contributed by atoms with E-state index in [2.05, 4.69) is 43.6 Å². The Balaban J connectivity index is 1.68. The lowest BCUT2D eigenvalue weighted by Gasteiger charge is -2.44. The SMILES string of the molecule is CSCCC(=O)N1CCN(c2nc(C3CC3)c3c(c2C#N)CC(C)(C)OC3)C[C@H]1C(C)C. The number of rotatable bonds is 6. The van der Waals surface area contributed by atoms with Crippen molar-refractivity contribution >= 4 is 23.5 Å². The van der Waals surface area contributed by atoms with Crippen LogP contribution in [0.15, 0.2) is 0 Å². The number of carbonyl (C=O) groups is 1. The smallest absolute Gasteiger partial charge is 0.223 e. The molecule has 2 fully saturated rings. The van der Waals surface area contributed by atoms with Crippen molar-refractivity contribution in [1.29, 1.82) is 5.26 Å². The zero-order valence-corrected chi connectivity index (χ0v) is 20.9. The van der Waals surface area contributed by atoms with Crippen molar-refractivity contribution in [3.8, 4) is 6.07 Å². The van der Waals surface area contributed by atoms with Crippen LogP contribution in [0.1, 0.15) is 75.3 Å². The van der Waals surface area contributed by atoms with E-state index in [0.717, 1.165) is 47.9 Å². The Morgan fingerprint density at radius 2 is 2.06 bits per heavy atom. The second-order valence-electron chi connectivity index (χ2n) is 10.4. The normalized spacial score (nSPS) is 22.6. The van der Waals surface area contributed by atoms with Crippen LogP contribution in [0.25, 0.3) is 0 Å². The Hall–Kier alpha value is -1.78. The number of pyridine rings is 1. The molecule has 1 amide bonds. The number of hydrogen-bond acceptors (Lipinski definition) is 6. The van der Waals surface area contributed by atoms with Gasteiger partial charge in [-0.25, -0.2) is 4.98 Å². The molecule has 1 aliphatic carbocycles. The molecule has 1 saturated heterocycles. The Labute approximate surface area is 196 Å². The fraction of sp³-hybridized carbons (Fsp3) is 0.720. The lowest BCUT2D eigenvalue weighted by Crippen LogP contribution is -2.57. The van der Waals surface area contributed by atoms with E-state index in [0.29, 0.717) is 37.0 Å². The first-order valence-electron chi connectivity index (χ1n) is 11.9. The Morgan fingerprint density at radius 1 is 1.31 bits per heavy atom. The number of hydrogen-bond donors (Lipinski definition) is 0. The molecule has 1 aromatic heterocycles. The van der Waals surface area contributed by atoms with Crippen LogP contribution in [0.5, 0.6) is 0 Å². The number of nitriles is 1. The molecule has 2 aliphatic heterocycles. The van der Waals surface area contributed by atoms with Crippen molar-refractivity contribution in [3.63, 3.8) is 0 Å². The molecule has 1 saturated carbocycles. The number of ether oxygens (including phenoxy) is 1. The molecule has 0 aromatic carbocycles. The molecule has 0 bridgehead atoms. The van der Waals surface area contributed by atoms with Gasteiger partial charge in [0.1, 0.15) is 11.9 Å². The summed E-state index contributed by atoms with van der Waals surface area (Å²) in [7, 11) is 0. The highest BCUT2D eigenvalue weighted by Crippen LogP contribution is 2.46. The third-order valence-electron chi connectivity index (χ3n) is 7.04. The first-order chi connectivity index (χ1) is 15.3. The maximum Gasteiger partial charge on any atom is 0.223 e. The van der Waals surface area contributed by atoms with Crippen LogP contribution in [0, 0.1) is 17.2 Å². The van der Waals surface area contributed by atoms with Crippen molar-refractivity contribution in [1.82, 2.24) is 9.88 Å². The largest absolute Gasteiger partial charge is 0.370 e. The predicted molar refractivity (Wildman–Crippen MR) is 129 cm³/mol. The summed E-state index contributed by atoms with van der Waals surface area (Å²) in [4.78, 5) is 22.3. The Bertz CT molecular complexity index is 919. The van der Waals surface area contributed by atoms with E-state index in [1.807, 2.05) is 6.26 Å². The van der Waals surface area contributed by atoms with Gasteiger partial charge in [-0.2, -0.15) is 17.0 Å². The topological polar surface area (TPSA) is 69.5 Å². The quantitative estimate of drug-likeness (QED) is 0.642. The molecule has 6 nitrogen and oxygen atoms in total. The van der Waals surface area contributed by atoms with Crippen LogP contribution < -0.4 is 4.90 Å². The van der Waals surface area contributed by atoms with Crippen LogP contribution in [-0.2, 0) is 22.6 Å². The highest BCUT2D eigenvalue weighted by Gasteiger charge is 2.39. The number of anilines is 1. The molecule has 0 N–H and O–H groups in total. The van der Waals surface area contributed by atoms with Gasteiger partial charge >= 0.3 is 0 Å². The fourth-order valence-corrected chi connectivity index (χ4v) is 5.41. The van der Waals surface area contributed by atoms with E-state index < -0.39 is 0 Å². The summed E-state index contributed by atoms with van der Waals surface area (Å²) < 4.78 is 6.11. The third-order valence-corrected chi connectivity index (χ3v) is 7.65. The summed E-state index contributed by atoms with van der Waals surface area (Å²) in [6.45, 7) is 11.2. The number of carbonyl (C=O) groups excluding carboxylic acids is 1. The highest BCUT2D eigenvalue weighted by atomic mass is 32.2. The summed E-state index contributed by atoms with van der Waals surface area (Å²) in [5, 5.41) is 10.2. The van der Waals surface area contributed by atoms with Gasteiger partial charge < -0.3 is 14.5 Å². The minimum absolute atomic E-state index is 0.131. The molecule has 7 heteroatoms. The van der Waals surface area contributed by atoms with Crippen LogP contribution in [0.4, 0.5) is 5.82 Å². The summed E-state index contributed by atoms with van der Waals surface area (Å²) in [5.41, 5.74) is 3.86. The predicted octanol–water partition coefficient (Wildman–Crippen LogP) is 4.11. The monoisotopic (exact) mass is 456 g/mol. The molecular weight excluding hydrogens is 420 g/mol. The van der Waals surface area contributed by atoms with Crippen molar-refractivity contribution in [2.45, 2.75) is 77.5 Å². The molecular formula is C25H36N4O2S. The number of amides is 1. The van der Waals surface area contributed by atoms with Gasteiger partial charge in [-0.15, -0.1) is 0 Å².